The molecule has 19 heavy (non-hydrogen) atoms. The summed E-state index contributed by atoms with van der Waals surface area (Å²) >= 11 is 6.03. The van der Waals surface area contributed by atoms with Gasteiger partial charge in [-0.2, -0.15) is 0 Å². The summed E-state index contributed by atoms with van der Waals surface area (Å²) in [7, 11) is 1.82. The van der Waals surface area contributed by atoms with Crippen LogP contribution >= 0.6 is 11.6 Å². The molecular weight excluding hydrogens is 258 g/mol. The molecule has 0 amide bonds. The third-order valence-electron chi connectivity index (χ3n) is 3.44. The molecule has 0 heterocycles. The van der Waals surface area contributed by atoms with Crippen LogP contribution in [-0.2, 0) is 0 Å². The lowest BCUT2D eigenvalue weighted by Gasteiger charge is -2.11. The van der Waals surface area contributed by atoms with Gasteiger partial charge in [-0.25, -0.2) is 0 Å². The lowest BCUT2D eigenvalue weighted by Crippen LogP contribution is -2.39. The highest BCUT2D eigenvalue weighted by atomic mass is 35.5. The minimum atomic E-state index is 0.478. The van der Waals surface area contributed by atoms with Crippen LogP contribution < -0.4 is 10.6 Å². The summed E-state index contributed by atoms with van der Waals surface area (Å²) in [6, 6.07) is 8.61. The van der Waals surface area contributed by atoms with Gasteiger partial charge < -0.3 is 10.6 Å². The molecule has 0 saturated heterocycles. The van der Waals surface area contributed by atoms with Gasteiger partial charge in [0, 0.05) is 30.6 Å². The molecule has 0 aliphatic heterocycles. The van der Waals surface area contributed by atoms with Crippen LogP contribution in [0, 0.1) is 0 Å². The van der Waals surface area contributed by atoms with Crippen LogP contribution in [0.5, 0.6) is 0 Å². The van der Waals surface area contributed by atoms with Crippen molar-refractivity contribution in [2.45, 2.75) is 38.1 Å². The summed E-state index contributed by atoms with van der Waals surface area (Å²) < 4.78 is 0. The monoisotopic (exact) mass is 279 g/mol. The van der Waals surface area contributed by atoms with E-state index in [1.54, 1.807) is 0 Å². The maximum absolute atomic E-state index is 6.03. The summed E-state index contributed by atoms with van der Waals surface area (Å²) in [5.74, 6) is 1.46. The number of rotatable bonds is 5. The van der Waals surface area contributed by atoms with Crippen molar-refractivity contribution in [3.05, 3.63) is 34.9 Å². The average molecular weight is 280 g/mol. The molecule has 2 rings (SSSR count). The normalized spacial score (nSPS) is 22.2. The summed E-state index contributed by atoms with van der Waals surface area (Å²) in [6.45, 7) is 3.17. The Labute approximate surface area is 120 Å². The van der Waals surface area contributed by atoms with Crippen LogP contribution in [0.3, 0.4) is 0 Å². The molecule has 0 radical (unpaired) electrons. The third kappa shape index (κ3) is 4.13. The molecule has 1 aromatic carbocycles. The number of guanidine groups is 1. The molecule has 0 bridgehead atoms. The van der Waals surface area contributed by atoms with Crippen molar-refractivity contribution in [3.8, 4) is 0 Å². The second-order valence-corrected chi connectivity index (χ2v) is 5.44. The van der Waals surface area contributed by atoms with E-state index in [1.807, 2.05) is 19.2 Å². The van der Waals surface area contributed by atoms with E-state index in [1.165, 1.54) is 18.4 Å². The lowest BCUT2D eigenvalue weighted by molar-refractivity contribution is 0.724. The Morgan fingerprint density at radius 2 is 2.32 bits per heavy atom. The Morgan fingerprint density at radius 3 is 3.00 bits per heavy atom. The quantitative estimate of drug-likeness (QED) is 0.493. The van der Waals surface area contributed by atoms with E-state index in [4.69, 9.17) is 11.6 Å². The molecule has 3 nitrogen and oxygen atoms in total. The number of halogens is 1. The van der Waals surface area contributed by atoms with E-state index in [0.29, 0.717) is 12.0 Å². The molecule has 0 spiro atoms. The van der Waals surface area contributed by atoms with Crippen LogP contribution in [0.15, 0.2) is 29.3 Å². The first-order valence-corrected chi connectivity index (χ1v) is 7.35. The maximum Gasteiger partial charge on any atom is 0.191 e. The van der Waals surface area contributed by atoms with E-state index in [0.717, 1.165) is 23.9 Å². The smallest absolute Gasteiger partial charge is 0.191 e. The molecule has 2 N–H and O–H groups in total. The number of nitrogens with zero attached hydrogens (tertiary/aromatic N) is 1. The largest absolute Gasteiger partial charge is 0.356 e. The van der Waals surface area contributed by atoms with E-state index in [-0.39, 0.29) is 0 Å². The minimum Gasteiger partial charge on any atom is -0.356 e. The van der Waals surface area contributed by atoms with Crippen molar-refractivity contribution >= 4 is 17.6 Å². The van der Waals surface area contributed by atoms with Gasteiger partial charge >= 0.3 is 0 Å². The Bertz CT molecular complexity index is 445. The van der Waals surface area contributed by atoms with Gasteiger partial charge in [0.25, 0.3) is 0 Å². The molecule has 1 aromatic rings. The molecule has 1 aliphatic carbocycles. The number of nitrogens with one attached hydrogen (secondary N) is 2. The molecule has 104 valence electrons. The van der Waals surface area contributed by atoms with Crippen molar-refractivity contribution in [1.82, 2.24) is 10.6 Å². The van der Waals surface area contributed by atoms with Gasteiger partial charge in [-0.3, -0.25) is 4.99 Å². The fraction of sp³-hybridized carbons (Fsp3) is 0.533. The van der Waals surface area contributed by atoms with Gasteiger partial charge in [0.1, 0.15) is 0 Å². The molecule has 1 fully saturated rings. The number of aliphatic imine (C=N–C) groups is 1. The van der Waals surface area contributed by atoms with Crippen molar-refractivity contribution < 1.29 is 0 Å². The van der Waals surface area contributed by atoms with E-state index in [2.05, 4.69) is 34.7 Å². The zero-order chi connectivity index (χ0) is 13.7. The first kappa shape index (κ1) is 14.2. The summed E-state index contributed by atoms with van der Waals surface area (Å²) in [5, 5.41) is 7.61. The fourth-order valence-corrected chi connectivity index (χ4v) is 2.41. The van der Waals surface area contributed by atoms with Gasteiger partial charge in [0.15, 0.2) is 5.96 Å². The van der Waals surface area contributed by atoms with Gasteiger partial charge in [-0.05, 0) is 30.5 Å². The predicted molar refractivity (Wildman–Crippen MR) is 82.0 cm³/mol. The second-order valence-electron chi connectivity index (χ2n) is 5.00. The third-order valence-corrected chi connectivity index (χ3v) is 3.67. The Hall–Kier alpha value is -1.22. The molecule has 4 heteroatoms. The van der Waals surface area contributed by atoms with Gasteiger partial charge in [0.05, 0.1) is 0 Å². The van der Waals surface area contributed by atoms with E-state index in [9.17, 15) is 0 Å². The zero-order valence-electron chi connectivity index (χ0n) is 11.6. The van der Waals surface area contributed by atoms with Crippen LogP contribution in [0.1, 0.15) is 37.7 Å². The highest BCUT2D eigenvalue weighted by Gasteiger charge is 2.38. The van der Waals surface area contributed by atoms with Crippen molar-refractivity contribution in [2.75, 3.05) is 13.6 Å². The van der Waals surface area contributed by atoms with Crippen LogP contribution in [0.2, 0.25) is 5.02 Å². The van der Waals surface area contributed by atoms with Crippen molar-refractivity contribution in [1.29, 1.82) is 0 Å². The van der Waals surface area contributed by atoms with Crippen LogP contribution in [0.4, 0.5) is 0 Å². The highest BCUT2D eigenvalue weighted by molar-refractivity contribution is 6.30. The number of hydrogen-bond donors (Lipinski definition) is 2. The van der Waals surface area contributed by atoms with Crippen LogP contribution in [0.25, 0.3) is 0 Å². The Morgan fingerprint density at radius 1 is 1.47 bits per heavy atom. The molecule has 1 saturated carbocycles. The lowest BCUT2D eigenvalue weighted by atomic mass is 10.1. The summed E-state index contributed by atoms with van der Waals surface area (Å²) in [4.78, 5) is 4.25. The summed E-state index contributed by atoms with van der Waals surface area (Å²) in [5.41, 5.74) is 1.31. The SMILES string of the molecule is CCCCNC(=NC)NC1CC1c1cccc(Cl)c1. The summed E-state index contributed by atoms with van der Waals surface area (Å²) in [6.07, 6.45) is 3.51. The Balaban J connectivity index is 1.82. The number of benzene rings is 1. The Kier molecular flexibility index (Phi) is 5.08. The van der Waals surface area contributed by atoms with E-state index >= 15 is 0 Å². The first-order chi connectivity index (χ1) is 9.24. The van der Waals surface area contributed by atoms with E-state index < -0.39 is 0 Å². The molecule has 0 aromatic heterocycles. The standard InChI is InChI=1S/C15H22ClN3/c1-3-4-8-18-15(17-2)19-14-10-13(14)11-6-5-7-12(16)9-11/h5-7,9,13-14H,3-4,8,10H2,1-2H3,(H2,17,18,19). The predicted octanol–water partition coefficient (Wildman–Crippen LogP) is 3.16. The molecule has 2 unspecified atom stereocenters. The topological polar surface area (TPSA) is 36.4 Å². The van der Waals surface area contributed by atoms with Crippen molar-refractivity contribution in [3.63, 3.8) is 0 Å². The second kappa shape index (κ2) is 6.80. The number of unbranched alkanes of at least 4 members (excludes halogenated alkanes) is 1. The van der Waals surface area contributed by atoms with Gasteiger partial charge in [-0.15, -0.1) is 0 Å². The molecule has 2 atom stereocenters. The molecular formula is C15H22ClN3. The zero-order valence-corrected chi connectivity index (χ0v) is 12.4. The highest BCUT2D eigenvalue weighted by Crippen LogP contribution is 2.41. The van der Waals surface area contributed by atoms with Gasteiger partial charge in [0.2, 0.25) is 0 Å². The average Bonchev–Trinajstić information content (AvgIpc) is 3.17. The van der Waals surface area contributed by atoms with Crippen molar-refractivity contribution in [2.24, 2.45) is 4.99 Å². The first-order valence-electron chi connectivity index (χ1n) is 6.97. The number of hydrogen-bond acceptors (Lipinski definition) is 1. The fourth-order valence-electron chi connectivity index (χ4n) is 2.21. The van der Waals surface area contributed by atoms with Crippen LogP contribution in [-0.4, -0.2) is 25.6 Å². The minimum absolute atomic E-state index is 0.478. The van der Waals surface area contributed by atoms with Gasteiger partial charge in [-0.1, -0.05) is 37.1 Å². The molecule has 1 aliphatic rings. The maximum atomic E-state index is 6.03.